The van der Waals surface area contributed by atoms with E-state index in [2.05, 4.69) is 41.6 Å². The zero-order valence-corrected chi connectivity index (χ0v) is 14.9. The average Bonchev–Trinajstić information content (AvgIpc) is 2.91. The number of carbonyl (C=O) groups excluding carboxylic acids is 1. The molecule has 2 aromatic carbocycles. The minimum absolute atomic E-state index is 0.0550. The number of benzene rings is 2. The van der Waals surface area contributed by atoms with E-state index in [0.29, 0.717) is 0 Å². The van der Waals surface area contributed by atoms with Crippen molar-refractivity contribution >= 4 is 5.91 Å². The first-order valence-corrected chi connectivity index (χ1v) is 8.45. The summed E-state index contributed by atoms with van der Waals surface area (Å²) in [5, 5.41) is 7.52. The minimum atomic E-state index is -0.175. The molecule has 0 radical (unpaired) electrons. The van der Waals surface area contributed by atoms with Gasteiger partial charge in [-0.25, -0.2) is 0 Å². The third-order valence-electron chi connectivity index (χ3n) is 4.25. The lowest BCUT2D eigenvalue weighted by Crippen LogP contribution is -2.32. The van der Waals surface area contributed by atoms with Crippen LogP contribution in [0.2, 0.25) is 0 Å². The molecule has 1 amide bonds. The molecule has 1 unspecified atom stereocenters. The fraction of sp³-hybridized carbons (Fsp3) is 0.238. The maximum absolute atomic E-state index is 12.6. The van der Waals surface area contributed by atoms with Crippen molar-refractivity contribution in [3.63, 3.8) is 0 Å². The molecule has 0 aliphatic rings. The number of aryl methyl sites for hydroxylation is 3. The van der Waals surface area contributed by atoms with Gasteiger partial charge in [0.2, 0.25) is 5.91 Å². The van der Waals surface area contributed by atoms with Crippen molar-refractivity contribution in [1.29, 1.82) is 0 Å². The summed E-state index contributed by atoms with van der Waals surface area (Å²) in [6, 6.07) is 20.1. The molecular formula is C21H23N3O. The Morgan fingerprint density at radius 1 is 1.00 bits per heavy atom. The van der Waals surface area contributed by atoms with Crippen molar-refractivity contribution in [3.8, 4) is 0 Å². The Bertz CT molecular complexity index is 851. The quantitative estimate of drug-likeness (QED) is 0.773. The topological polar surface area (TPSA) is 46.9 Å². The van der Waals surface area contributed by atoms with E-state index in [9.17, 15) is 4.79 Å². The normalized spacial score (nSPS) is 12.0. The van der Waals surface area contributed by atoms with Crippen LogP contribution in [0.4, 0.5) is 0 Å². The first-order valence-electron chi connectivity index (χ1n) is 8.45. The van der Waals surface area contributed by atoms with Crippen molar-refractivity contribution in [2.24, 2.45) is 0 Å². The molecule has 0 aliphatic carbocycles. The highest BCUT2D eigenvalue weighted by atomic mass is 16.2. The monoisotopic (exact) mass is 333 g/mol. The Morgan fingerprint density at radius 2 is 1.64 bits per heavy atom. The van der Waals surface area contributed by atoms with Crippen LogP contribution >= 0.6 is 0 Å². The summed E-state index contributed by atoms with van der Waals surface area (Å²) in [7, 11) is 0. The molecule has 0 fully saturated rings. The van der Waals surface area contributed by atoms with Gasteiger partial charge in [0.25, 0.3) is 0 Å². The number of carbonyl (C=O) groups is 1. The standard InChI is InChI=1S/C21H23N3O/c1-15-9-11-19(12-10-15)21(18-7-5-4-6-8-18)22-20(25)14-24-17(3)13-16(2)23-24/h4-13,21H,14H2,1-3H3,(H,22,25). The van der Waals surface area contributed by atoms with Gasteiger partial charge in [0.15, 0.2) is 0 Å². The third-order valence-corrected chi connectivity index (χ3v) is 4.25. The molecule has 0 bridgehead atoms. The van der Waals surface area contributed by atoms with Gasteiger partial charge in [0.1, 0.15) is 6.54 Å². The Kier molecular flexibility index (Phi) is 4.98. The van der Waals surface area contributed by atoms with E-state index in [1.807, 2.05) is 50.2 Å². The second kappa shape index (κ2) is 7.34. The number of nitrogens with one attached hydrogen (secondary N) is 1. The second-order valence-corrected chi connectivity index (χ2v) is 6.41. The Hall–Kier alpha value is -2.88. The van der Waals surface area contributed by atoms with Gasteiger partial charge in [-0.15, -0.1) is 0 Å². The summed E-state index contributed by atoms with van der Waals surface area (Å²) in [5.74, 6) is -0.0550. The van der Waals surface area contributed by atoms with Crippen LogP contribution < -0.4 is 5.32 Å². The summed E-state index contributed by atoms with van der Waals surface area (Å²) in [4.78, 5) is 12.6. The van der Waals surface area contributed by atoms with Crippen molar-refractivity contribution in [3.05, 3.63) is 88.7 Å². The largest absolute Gasteiger partial charge is 0.344 e. The maximum atomic E-state index is 12.6. The van der Waals surface area contributed by atoms with Crippen molar-refractivity contribution in [2.75, 3.05) is 0 Å². The molecule has 0 saturated heterocycles. The van der Waals surface area contributed by atoms with Gasteiger partial charge in [-0.3, -0.25) is 9.48 Å². The number of hydrogen-bond donors (Lipinski definition) is 1. The van der Waals surface area contributed by atoms with Crippen LogP contribution in [0.5, 0.6) is 0 Å². The van der Waals surface area contributed by atoms with Gasteiger partial charge in [-0.05, 0) is 38.0 Å². The summed E-state index contributed by atoms with van der Waals surface area (Å²) < 4.78 is 1.74. The van der Waals surface area contributed by atoms with E-state index in [1.54, 1.807) is 4.68 Å². The van der Waals surface area contributed by atoms with Gasteiger partial charge in [0, 0.05) is 5.69 Å². The lowest BCUT2D eigenvalue weighted by molar-refractivity contribution is -0.122. The van der Waals surface area contributed by atoms with Gasteiger partial charge < -0.3 is 5.32 Å². The highest BCUT2D eigenvalue weighted by Gasteiger charge is 2.17. The van der Waals surface area contributed by atoms with E-state index in [0.717, 1.165) is 22.5 Å². The average molecular weight is 333 g/mol. The molecule has 4 nitrogen and oxygen atoms in total. The number of hydrogen-bond acceptors (Lipinski definition) is 2. The summed E-state index contributed by atoms with van der Waals surface area (Å²) in [5.41, 5.74) is 5.24. The predicted octanol–water partition coefficient (Wildman–Crippen LogP) is 3.71. The fourth-order valence-corrected chi connectivity index (χ4v) is 2.94. The lowest BCUT2D eigenvalue weighted by atomic mass is 9.98. The lowest BCUT2D eigenvalue weighted by Gasteiger charge is -2.20. The van der Waals surface area contributed by atoms with E-state index in [1.165, 1.54) is 5.56 Å². The predicted molar refractivity (Wildman–Crippen MR) is 99.3 cm³/mol. The van der Waals surface area contributed by atoms with Crippen LogP contribution in [0.15, 0.2) is 60.7 Å². The molecule has 3 aromatic rings. The highest BCUT2D eigenvalue weighted by Crippen LogP contribution is 2.22. The van der Waals surface area contributed by atoms with Crippen molar-refractivity contribution < 1.29 is 4.79 Å². The van der Waals surface area contributed by atoms with Gasteiger partial charge in [0.05, 0.1) is 11.7 Å². The molecule has 0 saturated carbocycles. The molecule has 1 heterocycles. The van der Waals surface area contributed by atoms with Gasteiger partial charge >= 0.3 is 0 Å². The number of amides is 1. The molecule has 1 N–H and O–H groups in total. The Labute approximate surface area is 148 Å². The molecule has 0 spiro atoms. The molecule has 4 heteroatoms. The van der Waals surface area contributed by atoms with Gasteiger partial charge in [-0.1, -0.05) is 60.2 Å². The van der Waals surface area contributed by atoms with Crippen LogP contribution in [-0.2, 0) is 11.3 Å². The number of nitrogens with zero attached hydrogens (tertiary/aromatic N) is 2. The zero-order chi connectivity index (χ0) is 17.8. The second-order valence-electron chi connectivity index (χ2n) is 6.41. The number of rotatable bonds is 5. The minimum Gasteiger partial charge on any atom is -0.344 e. The molecule has 1 atom stereocenters. The van der Waals surface area contributed by atoms with E-state index in [-0.39, 0.29) is 18.5 Å². The Balaban J connectivity index is 1.83. The Morgan fingerprint density at radius 3 is 2.24 bits per heavy atom. The summed E-state index contributed by atoms with van der Waals surface area (Å²) in [6.07, 6.45) is 0. The maximum Gasteiger partial charge on any atom is 0.242 e. The summed E-state index contributed by atoms with van der Waals surface area (Å²) >= 11 is 0. The van der Waals surface area contributed by atoms with Crippen LogP contribution in [0.1, 0.15) is 34.1 Å². The van der Waals surface area contributed by atoms with E-state index in [4.69, 9.17) is 0 Å². The van der Waals surface area contributed by atoms with E-state index < -0.39 is 0 Å². The van der Waals surface area contributed by atoms with Crippen LogP contribution in [0.3, 0.4) is 0 Å². The molecule has 0 aliphatic heterocycles. The molecule has 3 rings (SSSR count). The highest BCUT2D eigenvalue weighted by molar-refractivity contribution is 5.76. The SMILES string of the molecule is Cc1ccc(C(NC(=O)Cn2nc(C)cc2C)c2ccccc2)cc1. The van der Waals surface area contributed by atoms with Gasteiger partial charge in [-0.2, -0.15) is 5.10 Å². The molecular weight excluding hydrogens is 310 g/mol. The van der Waals surface area contributed by atoms with Crippen molar-refractivity contribution in [2.45, 2.75) is 33.4 Å². The van der Waals surface area contributed by atoms with Crippen molar-refractivity contribution in [1.82, 2.24) is 15.1 Å². The smallest absolute Gasteiger partial charge is 0.242 e. The summed E-state index contributed by atoms with van der Waals surface area (Å²) in [6.45, 7) is 6.17. The fourth-order valence-electron chi connectivity index (χ4n) is 2.94. The molecule has 25 heavy (non-hydrogen) atoms. The third kappa shape index (κ3) is 4.15. The van der Waals surface area contributed by atoms with E-state index >= 15 is 0 Å². The van der Waals surface area contributed by atoms with Crippen LogP contribution in [0, 0.1) is 20.8 Å². The van der Waals surface area contributed by atoms with Crippen LogP contribution in [0.25, 0.3) is 0 Å². The first-order chi connectivity index (χ1) is 12.0. The zero-order valence-electron chi connectivity index (χ0n) is 14.9. The molecule has 1 aromatic heterocycles. The molecule has 128 valence electrons. The number of aromatic nitrogens is 2. The first kappa shape index (κ1) is 17.0. The van der Waals surface area contributed by atoms with Crippen LogP contribution in [-0.4, -0.2) is 15.7 Å².